The molecule has 0 radical (unpaired) electrons. The zero-order valence-electron chi connectivity index (χ0n) is 17.2. The molecule has 1 aliphatic heterocycles. The molecular weight excluding hydrogens is 383 g/mol. The second-order valence-corrected chi connectivity index (χ2v) is 11.0. The number of benzene rings is 1. The van der Waals surface area contributed by atoms with Crippen LogP contribution < -0.4 is 0 Å². The fourth-order valence-corrected chi connectivity index (χ4v) is 6.87. The fraction of sp³-hybridized carbons (Fsp3) is 0.458. The first kappa shape index (κ1) is 18.9. The number of rotatable bonds is 3. The van der Waals surface area contributed by atoms with E-state index in [0.717, 1.165) is 40.9 Å². The van der Waals surface area contributed by atoms with E-state index in [1.165, 1.54) is 12.5 Å². The van der Waals surface area contributed by atoms with Gasteiger partial charge in [0.1, 0.15) is 16.3 Å². The molecule has 2 bridgehead atoms. The molecule has 3 heterocycles. The molecule has 1 aromatic carbocycles. The summed E-state index contributed by atoms with van der Waals surface area (Å²) in [5.41, 5.74) is 2.08. The lowest BCUT2D eigenvalue weighted by atomic mass is 9.65. The van der Waals surface area contributed by atoms with E-state index in [0.29, 0.717) is 12.6 Å². The van der Waals surface area contributed by atoms with Gasteiger partial charge in [0.25, 0.3) is 5.91 Å². The van der Waals surface area contributed by atoms with Crippen LogP contribution in [0.25, 0.3) is 10.2 Å². The largest absolute Gasteiger partial charge is 0.334 e. The van der Waals surface area contributed by atoms with Gasteiger partial charge in [0.2, 0.25) is 0 Å². The van der Waals surface area contributed by atoms with Gasteiger partial charge in [-0.15, -0.1) is 11.3 Å². The van der Waals surface area contributed by atoms with Crippen molar-refractivity contribution in [1.29, 1.82) is 0 Å². The van der Waals surface area contributed by atoms with Gasteiger partial charge in [0.05, 0.1) is 0 Å². The minimum Gasteiger partial charge on any atom is -0.334 e. The Balaban J connectivity index is 1.52. The van der Waals surface area contributed by atoms with Gasteiger partial charge in [-0.3, -0.25) is 4.79 Å². The molecule has 2 atom stereocenters. The van der Waals surface area contributed by atoms with Crippen LogP contribution in [0.5, 0.6) is 0 Å². The summed E-state index contributed by atoms with van der Waals surface area (Å²) in [4.78, 5) is 16.9. The van der Waals surface area contributed by atoms with Crippen LogP contribution in [0.15, 0.2) is 41.8 Å². The van der Waals surface area contributed by atoms with Gasteiger partial charge >= 0.3 is 0 Å². The third-order valence-electron chi connectivity index (χ3n) is 6.63. The highest BCUT2D eigenvalue weighted by Crippen LogP contribution is 2.52. The van der Waals surface area contributed by atoms with Crippen molar-refractivity contribution in [3.63, 3.8) is 0 Å². The topological polar surface area (TPSA) is 25.2 Å². The molecule has 1 saturated carbocycles. The van der Waals surface area contributed by atoms with Crippen LogP contribution in [0.2, 0.25) is 0 Å². The molecular formula is C24H27FN2OS. The summed E-state index contributed by atoms with van der Waals surface area (Å²) in [6.07, 6.45) is 3.33. The Bertz CT molecular complexity index is 1100. The van der Waals surface area contributed by atoms with E-state index < -0.39 is 0 Å². The number of hydrogen-bond donors (Lipinski definition) is 0. The summed E-state index contributed by atoms with van der Waals surface area (Å²) < 4.78 is 15.8. The zero-order valence-corrected chi connectivity index (χ0v) is 18.1. The highest BCUT2D eigenvalue weighted by molar-refractivity contribution is 7.16. The van der Waals surface area contributed by atoms with E-state index in [-0.39, 0.29) is 22.6 Å². The third kappa shape index (κ3) is 3.29. The molecule has 3 aromatic rings. The quantitative estimate of drug-likeness (QED) is 0.525. The summed E-state index contributed by atoms with van der Waals surface area (Å²) >= 11 is 1.64. The normalized spacial score (nSPS) is 25.7. The summed E-state index contributed by atoms with van der Waals surface area (Å²) in [6, 6.07) is 11.1. The summed E-state index contributed by atoms with van der Waals surface area (Å²) in [5.74, 6) is -0.121. The Kier molecular flexibility index (Phi) is 4.18. The van der Waals surface area contributed by atoms with Crippen molar-refractivity contribution in [1.82, 2.24) is 9.47 Å². The van der Waals surface area contributed by atoms with Crippen LogP contribution >= 0.6 is 11.3 Å². The van der Waals surface area contributed by atoms with Gasteiger partial charge in [-0.05, 0) is 65.3 Å². The van der Waals surface area contributed by atoms with Crippen molar-refractivity contribution in [3.8, 4) is 0 Å². The average Bonchev–Trinajstić information content (AvgIpc) is 3.26. The number of nitrogens with zero attached hydrogens (tertiary/aromatic N) is 2. The first-order chi connectivity index (χ1) is 13.7. The molecule has 1 saturated heterocycles. The van der Waals surface area contributed by atoms with Crippen molar-refractivity contribution in [3.05, 3.63) is 58.9 Å². The lowest BCUT2D eigenvalue weighted by molar-refractivity contribution is 0.0698. The SMILES string of the molecule is CC1(C)C[C@@H]2C[C@](C)(CN2C(=O)c2cc3ccsc3n2Cc2cccc(F)c2)C1. The highest BCUT2D eigenvalue weighted by atomic mass is 32.1. The molecule has 29 heavy (non-hydrogen) atoms. The molecule has 3 nitrogen and oxygen atoms in total. The molecule has 2 fully saturated rings. The van der Waals surface area contributed by atoms with Crippen LogP contribution in [0, 0.1) is 16.6 Å². The molecule has 2 aliphatic rings. The van der Waals surface area contributed by atoms with Gasteiger partial charge in [0.15, 0.2) is 0 Å². The monoisotopic (exact) mass is 410 g/mol. The maximum absolute atomic E-state index is 13.7. The van der Waals surface area contributed by atoms with Crippen LogP contribution in [-0.2, 0) is 6.54 Å². The zero-order chi connectivity index (χ0) is 20.4. The number of hydrogen-bond acceptors (Lipinski definition) is 2. The van der Waals surface area contributed by atoms with Crippen LogP contribution in [0.4, 0.5) is 4.39 Å². The Morgan fingerprint density at radius 1 is 1.21 bits per heavy atom. The molecule has 2 aromatic heterocycles. The first-order valence-electron chi connectivity index (χ1n) is 10.4. The fourth-order valence-electron chi connectivity index (χ4n) is 5.97. The lowest BCUT2D eigenvalue weighted by Gasteiger charge is -2.39. The van der Waals surface area contributed by atoms with E-state index in [9.17, 15) is 9.18 Å². The number of likely N-dealkylation sites (tertiary alicyclic amines) is 1. The van der Waals surface area contributed by atoms with Gasteiger partial charge in [-0.25, -0.2) is 4.39 Å². The van der Waals surface area contributed by atoms with Crippen molar-refractivity contribution in [2.75, 3.05) is 6.54 Å². The standard InChI is InChI=1S/C24H27FN2OS/c1-23(2)11-19-12-24(3,14-23)15-27(19)21(28)20-10-17-7-8-29-22(17)26(20)13-16-5-4-6-18(25)9-16/h4-10,19H,11-15H2,1-3H3/t19-,24+/m1/s1. The summed E-state index contributed by atoms with van der Waals surface area (Å²) in [7, 11) is 0. The number of amides is 1. The molecule has 0 spiro atoms. The van der Waals surface area contributed by atoms with E-state index >= 15 is 0 Å². The van der Waals surface area contributed by atoms with Crippen molar-refractivity contribution >= 4 is 27.5 Å². The van der Waals surface area contributed by atoms with Gasteiger partial charge in [-0.1, -0.05) is 32.9 Å². The van der Waals surface area contributed by atoms with Crippen LogP contribution in [-0.4, -0.2) is 28.0 Å². The van der Waals surface area contributed by atoms with Crippen molar-refractivity contribution < 1.29 is 9.18 Å². The number of halogens is 1. The van der Waals surface area contributed by atoms with Crippen molar-refractivity contribution in [2.45, 2.75) is 52.6 Å². The van der Waals surface area contributed by atoms with Crippen molar-refractivity contribution in [2.24, 2.45) is 10.8 Å². The molecule has 152 valence electrons. The first-order valence-corrected chi connectivity index (χ1v) is 11.2. The van der Waals surface area contributed by atoms with Gasteiger partial charge in [0, 0.05) is 24.5 Å². The lowest BCUT2D eigenvalue weighted by Crippen LogP contribution is -2.38. The Labute approximate surface area is 175 Å². The number of fused-ring (bicyclic) bond motifs is 3. The Hall–Kier alpha value is -2.14. The molecule has 1 amide bonds. The van der Waals surface area contributed by atoms with E-state index in [1.807, 2.05) is 17.5 Å². The number of aromatic nitrogens is 1. The second kappa shape index (κ2) is 6.43. The number of carbonyl (C=O) groups excluding carboxylic acids is 1. The molecule has 5 rings (SSSR count). The Morgan fingerprint density at radius 3 is 2.83 bits per heavy atom. The summed E-state index contributed by atoms with van der Waals surface area (Å²) in [6.45, 7) is 8.32. The summed E-state index contributed by atoms with van der Waals surface area (Å²) in [5, 5.41) is 3.14. The minimum absolute atomic E-state index is 0.122. The number of carbonyl (C=O) groups is 1. The Morgan fingerprint density at radius 2 is 2.03 bits per heavy atom. The third-order valence-corrected chi connectivity index (χ3v) is 7.58. The predicted octanol–water partition coefficient (Wildman–Crippen LogP) is 5.93. The van der Waals surface area contributed by atoms with Crippen LogP contribution in [0.3, 0.4) is 0 Å². The van der Waals surface area contributed by atoms with Gasteiger partial charge in [-0.2, -0.15) is 0 Å². The second-order valence-electron chi connectivity index (χ2n) is 10.1. The average molecular weight is 411 g/mol. The minimum atomic E-state index is -0.242. The maximum atomic E-state index is 13.7. The van der Waals surface area contributed by atoms with E-state index in [4.69, 9.17) is 0 Å². The van der Waals surface area contributed by atoms with E-state index in [2.05, 4.69) is 36.3 Å². The molecule has 0 N–H and O–H groups in total. The van der Waals surface area contributed by atoms with Gasteiger partial charge < -0.3 is 9.47 Å². The predicted molar refractivity (Wildman–Crippen MR) is 116 cm³/mol. The maximum Gasteiger partial charge on any atom is 0.270 e. The molecule has 1 aliphatic carbocycles. The highest BCUT2D eigenvalue weighted by Gasteiger charge is 2.51. The van der Waals surface area contributed by atoms with E-state index in [1.54, 1.807) is 23.5 Å². The molecule has 5 heteroatoms. The molecule has 0 unspecified atom stereocenters. The van der Waals surface area contributed by atoms with Crippen LogP contribution in [0.1, 0.15) is 56.1 Å². The number of thiophene rings is 1. The smallest absolute Gasteiger partial charge is 0.270 e.